The maximum Gasteiger partial charge on any atom is 0.416 e. The second-order valence-corrected chi connectivity index (χ2v) is 6.56. The third-order valence-corrected chi connectivity index (χ3v) is 4.03. The highest BCUT2D eigenvalue weighted by molar-refractivity contribution is 5.52. The molecule has 0 spiro atoms. The molecule has 1 heterocycles. The zero-order chi connectivity index (χ0) is 15.7. The van der Waals surface area contributed by atoms with Gasteiger partial charge in [-0.3, -0.25) is 0 Å². The van der Waals surface area contributed by atoms with Crippen molar-refractivity contribution in [2.24, 2.45) is 5.41 Å². The van der Waals surface area contributed by atoms with E-state index in [-0.39, 0.29) is 12.0 Å². The van der Waals surface area contributed by atoms with Gasteiger partial charge in [-0.2, -0.15) is 13.2 Å². The zero-order valence-electron chi connectivity index (χ0n) is 12.8. The van der Waals surface area contributed by atoms with Gasteiger partial charge in [0, 0.05) is 25.3 Å². The summed E-state index contributed by atoms with van der Waals surface area (Å²) in [6.45, 7) is 6.18. The fourth-order valence-electron chi connectivity index (χ4n) is 3.01. The Morgan fingerprint density at radius 1 is 1.29 bits per heavy atom. The normalized spacial score (nSPS) is 18.9. The molecule has 0 saturated carbocycles. The van der Waals surface area contributed by atoms with Gasteiger partial charge < -0.3 is 10.2 Å². The number of halogens is 3. The molecule has 5 heteroatoms. The third kappa shape index (κ3) is 3.90. The van der Waals surface area contributed by atoms with Crippen LogP contribution in [-0.4, -0.2) is 20.1 Å². The van der Waals surface area contributed by atoms with E-state index in [1.165, 1.54) is 6.07 Å². The topological polar surface area (TPSA) is 15.3 Å². The number of nitrogens with one attached hydrogen (secondary N) is 1. The Bertz CT molecular complexity index is 495. The Labute approximate surface area is 124 Å². The minimum atomic E-state index is -4.31. The van der Waals surface area contributed by atoms with E-state index in [4.69, 9.17) is 0 Å². The van der Waals surface area contributed by atoms with Crippen molar-refractivity contribution in [3.05, 3.63) is 29.3 Å². The summed E-state index contributed by atoms with van der Waals surface area (Å²) in [5.41, 5.74) is 0.595. The van der Waals surface area contributed by atoms with Crippen LogP contribution in [0.4, 0.5) is 18.9 Å². The van der Waals surface area contributed by atoms with Gasteiger partial charge in [-0.15, -0.1) is 0 Å². The monoisotopic (exact) mass is 300 g/mol. The molecule has 1 aliphatic heterocycles. The number of nitrogens with zero attached hydrogens (tertiary/aromatic N) is 1. The summed E-state index contributed by atoms with van der Waals surface area (Å²) in [7, 11) is 1.65. The molecule has 1 aliphatic rings. The Balaban J connectivity index is 2.33. The second-order valence-electron chi connectivity index (χ2n) is 6.56. The largest absolute Gasteiger partial charge is 0.416 e. The van der Waals surface area contributed by atoms with E-state index in [1.54, 1.807) is 13.1 Å². The molecule has 21 heavy (non-hydrogen) atoms. The number of benzene rings is 1. The van der Waals surface area contributed by atoms with Crippen LogP contribution in [0.2, 0.25) is 0 Å². The van der Waals surface area contributed by atoms with Crippen molar-refractivity contribution in [2.45, 2.75) is 39.4 Å². The van der Waals surface area contributed by atoms with Gasteiger partial charge in [0.25, 0.3) is 0 Å². The molecule has 0 aromatic heterocycles. The van der Waals surface area contributed by atoms with Gasteiger partial charge in [0.2, 0.25) is 0 Å². The Kier molecular flexibility index (Phi) is 4.51. The number of hydrogen-bond donors (Lipinski definition) is 1. The summed E-state index contributed by atoms with van der Waals surface area (Å²) in [6.07, 6.45) is -2.17. The number of anilines is 1. The minimum Gasteiger partial charge on any atom is -0.371 e. The highest BCUT2D eigenvalue weighted by Gasteiger charge is 2.34. The fourth-order valence-corrected chi connectivity index (χ4v) is 3.01. The SMILES string of the molecule is CNCc1ccc(N2CCCC(C)(C)C2)cc1C(F)(F)F. The molecule has 1 aromatic carbocycles. The number of rotatable bonds is 3. The summed E-state index contributed by atoms with van der Waals surface area (Å²) in [5, 5.41) is 2.79. The van der Waals surface area contributed by atoms with Crippen LogP contribution in [0.15, 0.2) is 18.2 Å². The van der Waals surface area contributed by atoms with Crippen LogP contribution in [-0.2, 0) is 12.7 Å². The van der Waals surface area contributed by atoms with Crippen LogP contribution >= 0.6 is 0 Å². The van der Waals surface area contributed by atoms with Crippen molar-refractivity contribution in [2.75, 3.05) is 25.0 Å². The van der Waals surface area contributed by atoms with Crippen LogP contribution in [0.5, 0.6) is 0 Å². The lowest BCUT2D eigenvalue weighted by Gasteiger charge is -2.39. The molecule has 0 amide bonds. The Hall–Kier alpha value is -1.23. The van der Waals surface area contributed by atoms with E-state index in [0.29, 0.717) is 11.3 Å². The first kappa shape index (κ1) is 16.1. The van der Waals surface area contributed by atoms with Gasteiger partial charge in [-0.05, 0) is 43.0 Å². The van der Waals surface area contributed by atoms with Crippen LogP contribution in [0, 0.1) is 5.41 Å². The highest BCUT2D eigenvalue weighted by Crippen LogP contribution is 2.37. The molecule has 1 N–H and O–H groups in total. The number of alkyl halides is 3. The average Bonchev–Trinajstić information content (AvgIpc) is 2.37. The van der Waals surface area contributed by atoms with Crippen LogP contribution < -0.4 is 10.2 Å². The summed E-state index contributed by atoms with van der Waals surface area (Å²) in [4.78, 5) is 2.07. The van der Waals surface area contributed by atoms with Crippen molar-refractivity contribution in [1.82, 2.24) is 5.32 Å². The molecular weight excluding hydrogens is 277 g/mol. The van der Waals surface area contributed by atoms with E-state index in [9.17, 15) is 13.2 Å². The summed E-state index contributed by atoms with van der Waals surface area (Å²) in [6, 6.07) is 4.70. The lowest BCUT2D eigenvalue weighted by molar-refractivity contribution is -0.138. The van der Waals surface area contributed by atoms with E-state index in [2.05, 4.69) is 24.1 Å². The van der Waals surface area contributed by atoms with Crippen molar-refractivity contribution < 1.29 is 13.2 Å². The maximum atomic E-state index is 13.2. The van der Waals surface area contributed by atoms with Gasteiger partial charge in [0.1, 0.15) is 0 Å². The molecule has 118 valence electrons. The van der Waals surface area contributed by atoms with Gasteiger partial charge in [0.15, 0.2) is 0 Å². The lowest BCUT2D eigenvalue weighted by Crippen LogP contribution is -2.40. The van der Waals surface area contributed by atoms with Crippen LogP contribution in [0.25, 0.3) is 0 Å². The van der Waals surface area contributed by atoms with Crippen molar-refractivity contribution in [3.8, 4) is 0 Å². The minimum absolute atomic E-state index is 0.153. The first-order valence-electron chi connectivity index (χ1n) is 7.33. The van der Waals surface area contributed by atoms with Crippen molar-refractivity contribution in [1.29, 1.82) is 0 Å². The summed E-state index contributed by atoms with van der Waals surface area (Å²) < 4.78 is 39.7. The van der Waals surface area contributed by atoms with Gasteiger partial charge in [-0.1, -0.05) is 19.9 Å². The molecule has 0 aliphatic carbocycles. The first-order chi connectivity index (χ1) is 9.73. The average molecular weight is 300 g/mol. The Morgan fingerprint density at radius 2 is 2.00 bits per heavy atom. The van der Waals surface area contributed by atoms with E-state index in [1.807, 2.05) is 6.07 Å². The van der Waals surface area contributed by atoms with E-state index < -0.39 is 11.7 Å². The Morgan fingerprint density at radius 3 is 2.57 bits per heavy atom. The van der Waals surface area contributed by atoms with E-state index >= 15 is 0 Å². The molecule has 2 rings (SSSR count). The molecule has 1 saturated heterocycles. The molecular formula is C16H23F3N2. The van der Waals surface area contributed by atoms with Crippen LogP contribution in [0.1, 0.15) is 37.8 Å². The summed E-state index contributed by atoms with van der Waals surface area (Å²) >= 11 is 0. The first-order valence-corrected chi connectivity index (χ1v) is 7.33. The van der Waals surface area contributed by atoms with Gasteiger partial charge in [0.05, 0.1) is 5.56 Å². The van der Waals surface area contributed by atoms with Gasteiger partial charge >= 0.3 is 6.18 Å². The zero-order valence-corrected chi connectivity index (χ0v) is 12.8. The smallest absolute Gasteiger partial charge is 0.371 e. The molecule has 1 aromatic rings. The van der Waals surface area contributed by atoms with Crippen molar-refractivity contribution >= 4 is 5.69 Å². The molecule has 2 nitrogen and oxygen atoms in total. The van der Waals surface area contributed by atoms with Gasteiger partial charge in [-0.25, -0.2) is 0 Å². The standard InChI is InChI=1S/C16H23F3N2/c1-15(2)7-4-8-21(11-15)13-6-5-12(10-20-3)14(9-13)16(17,18)19/h5-6,9,20H,4,7-8,10-11H2,1-3H3. The molecule has 1 fully saturated rings. The molecule has 0 bridgehead atoms. The fraction of sp³-hybridized carbons (Fsp3) is 0.625. The quantitative estimate of drug-likeness (QED) is 0.906. The number of hydrogen-bond acceptors (Lipinski definition) is 2. The van der Waals surface area contributed by atoms with Crippen LogP contribution in [0.3, 0.4) is 0 Å². The predicted octanol–water partition coefficient (Wildman–Crippen LogP) is 4.05. The highest BCUT2D eigenvalue weighted by atomic mass is 19.4. The second kappa shape index (κ2) is 5.87. The maximum absolute atomic E-state index is 13.2. The third-order valence-electron chi connectivity index (χ3n) is 4.03. The number of piperidine rings is 1. The van der Waals surface area contributed by atoms with Crippen molar-refractivity contribution in [3.63, 3.8) is 0 Å². The van der Waals surface area contributed by atoms with E-state index in [0.717, 1.165) is 25.9 Å². The lowest BCUT2D eigenvalue weighted by atomic mass is 9.84. The molecule has 0 atom stereocenters. The summed E-state index contributed by atoms with van der Waals surface area (Å²) in [5.74, 6) is 0. The molecule has 0 radical (unpaired) electrons. The predicted molar refractivity (Wildman–Crippen MR) is 79.4 cm³/mol. The molecule has 0 unspecified atom stereocenters.